The molecule has 196 valence electrons. The van der Waals surface area contributed by atoms with Gasteiger partial charge in [-0.1, -0.05) is 133 Å². The minimum atomic E-state index is -0.879. The number of carboxylic acids is 1. The highest BCUT2D eigenvalue weighted by Crippen LogP contribution is 2.15. The van der Waals surface area contributed by atoms with Gasteiger partial charge in [0.15, 0.2) is 0 Å². The lowest BCUT2D eigenvalue weighted by Gasteiger charge is -2.30. The summed E-state index contributed by atoms with van der Waals surface area (Å²) in [6.45, 7) is 4.75. The molecule has 0 amide bonds. The number of aromatic carboxylic acids is 1. The molecule has 0 bridgehead atoms. The SMILES string of the molecule is CCCCCCCCCCCCCCCC[N+](C)(C)Cc1ccccc1.O=C(O)c1ccccc1. The highest BCUT2D eigenvalue weighted by molar-refractivity contribution is 5.87. The Kier molecular flexibility index (Phi) is 17.7. The van der Waals surface area contributed by atoms with Gasteiger partial charge in [0.25, 0.3) is 0 Å². The smallest absolute Gasteiger partial charge is 0.335 e. The molecule has 1 N–H and O–H groups in total. The maximum Gasteiger partial charge on any atom is 0.335 e. The van der Waals surface area contributed by atoms with Crippen molar-refractivity contribution in [3.63, 3.8) is 0 Å². The van der Waals surface area contributed by atoms with Crippen LogP contribution < -0.4 is 0 Å². The third-order valence-electron chi connectivity index (χ3n) is 6.59. The van der Waals surface area contributed by atoms with Crippen LogP contribution in [0.15, 0.2) is 60.7 Å². The van der Waals surface area contributed by atoms with Crippen LogP contribution in [0.4, 0.5) is 0 Å². The molecule has 0 spiro atoms. The van der Waals surface area contributed by atoms with Crippen LogP contribution in [0.3, 0.4) is 0 Å². The van der Waals surface area contributed by atoms with Crippen LogP contribution in [0.1, 0.15) is 113 Å². The van der Waals surface area contributed by atoms with Crippen molar-refractivity contribution in [3.8, 4) is 0 Å². The Balaban J connectivity index is 0.000000566. The molecule has 0 atom stereocenters. The average Bonchev–Trinajstić information content (AvgIpc) is 2.85. The zero-order chi connectivity index (χ0) is 25.6. The molecule has 0 unspecified atom stereocenters. The number of carboxylic acid groups (broad SMARTS) is 1. The number of carbonyl (C=O) groups is 1. The second-order valence-corrected chi connectivity index (χ2v) is 10.6. The lowest BCUT2D eigenvalue weighted by atomic mass is 10.0. The molecule has 3 nitrogen and oxygen atoms in total. The molecule has 0 aliphatic heterocycles. The third kappa shape index (κ3) is 17.9. The Morgan fingerprint density at radius 2 is 1.03 bits per heavy atom. The number of hydrogen-bond acceptors (Lipinski definition) is 1. The molecule has 0 radical (unpaired) electrons. The summed E-state index contributed by atoms with van der Waals surface area (Å²) in [5.74, 6) is -0.879. The first kappa shape index (κ1) is 30.9. The van der Waals surface area contributed by atoms with Crippen LogP contribution in [0.5, 0.6) is 0 Å². The van der Waals surface area contributed by atoms with E-state index in [4.69, 9.17) is 5.11 Å². The van der Waals surface area contributed by atoms with Crippen molar-refractivity contribution in [2.24, 2.45) is 0 Å². The van der Waals surface area contributed by atoms with Crippen molar-refractivity contribution < 1.29 is 14.4 Å². The minimum absolute atomic E-state index is 0.331. The number of nitrogens with zero attached hydrogens (tertiary/aromatic N) is 1. The number of rotatable bonds is 18. The van der Waals surface area contributed by atoms with E-state index in [0.717, 1.165) is 11.0 Å². The molecule has 0 fully saturated rings. The van der Waals surface area contributed by atoms with Crippen LogP contribution in [-0.2, 0) is 6.54 Å². The van der Waals surface area contributed by atoms with Gasteiger partial charge in [-0.05, 0) is 25.0 Å². The summed E-state index contributed by atoms with van der Waals surface area (Å²) in [6.07, 6.45) is 20.2. The molecule has 3 heteroatoms. The van der Waals surface area contributed by atoms with Gasteiger partial charge in [-0.3, -0.25) is 0 Å². The largest absolute Gasteiger partial charge is 0.478 e. The Hall–Kier alpha value is -2.13. The van der Waals surface area contributed by atoms with E-state index in [9.17, 15) is 4.79 Å². The summed E-state index contributed by atoms with van der Waals surface area (Å²) in [6, 6.07) is 19.2. The molecule has 2 aromatic rings. The summed E-state index contributed by atoms with van der Waals surface area (Å²) in [5.41, 5.74) is 1.79. The van der Waals surface area contributed by atoms with Crippen LogP contribution in [0.2, 0.25) is 0 Å². The molecular formula is C32H52NO2+. The maximum atomic E-state index is 10.2. The van der Waals surface area contributed by atoms with Gasteiger partial charge in [0.05, 0.1) is 26.2 Å². The fourth-order valence-corrected chi connectivity index (χ4v) is 4.47. The predicted molar refractivity (Wildman–Crippen MR) is 151 cm³/mol. The Morgan fingerprint density at radius 1 is 0.629 bits per heavy atom. The van der Waals surface area contributed by atoms with Gasteiger partial charge in [-0.2, -0.15) is 0 Å². The second kappa shape index (κ2) is 20.1. The zero-order valence-electron chi connectivity index (χ0n) is 22.9. The Labute approximate surface area is 216 Å². The average molecular weight is 483 g/mol. The molecule has 2 aromatic carbocycles. The van der Waals surface area contributed by atoms with Crippen molar-refractivity contribution in [3.05, 3.63) is 71.8 Å². The van der Waals surface area contributed by atoms with E-state index >= 15 is 0 Å². The van der Waals surface area contributed by atoms with Gasteiger partial charge in [0.1, 0.15) is 6.54 Å². The van der Waals surface area contributed by atoms with Gasteiger partial charge in [0.2, 0.25) is 0 Å². The van der Waals surface area contributed by atoms with Crippen molar-refractivity contribution in [2.45, 2.75) is 103 Å². The number of benzene rings is 2. The van der Waals surface area contributed by atoms with Gasteiger partial charge < -0.3 is 9.59 Å². The highest BCUT2D eigenvalue weighted by Gasteiger charge is 2.14. The summed E-state index contributed by atoms with van der Waals surface area (Å²) in [4.78, 5) is 10.2. The van der Waals surface area contributed by atoms with E-state index in [1.54, 1.807) is 30.3 Å². The Morgan fingerprint density at radius 3 is 1.43 bits per heavy atom. The van der Waals surface area contributed by atoms with E-state index < -0.39 is 5.97 Å². The van der Waals surface area contributed by atoms with Gasteiger partial charge in [-0.15, -0.1) is 0 Å². The topological polar surface area (TPSA) is 37.3 Å². The van der Waals surface area contributed by atoms with Crippen LogP contribution in [0.25, 0.3) is 0 Å². The normalized spacial score (nSPS) is 11.1. The van der Waals surface area contributed by atoms with E-state index in [1.165, 1.54) is 102 Å². The number of hydrogen-bond donors (Lipinski definition) is 1. The van der Waals surface area contributed by atoms with Gasteiger partial charge in [-0.25, -0.2) is 4.79 Å². The molecule has 0 aliphatic carbocycles. The summed E-state index contributed by atoms with van der Waals surface area (Å²) in [5, 5.41) is 8.38. The highest BCUT2D eigenvalue weighted by atomic mass is 16.4. The van der Waals surface area contributed by atoms with Crippen molar-refractivity contribution >= 4 is 5.97 Å². The standard InChI is InChI=1S/C25H46N.C7H6O2/c1-4-5-6-7-8-9-10-11-12-13-14-15-16-20-23-26(2,3)24-25-21-18-17-19-22-25;8-7(9)6-4-2-1-3-5-6/h17-19,21-22H,4-16,20,23-24H2,1-3H3;1-5H,(H,8,9)/q+1;. The first-order valence-corrected chi connectivity index (χ1v) is 14.1. The molecule has 0 aliphatic rings. The maximum absolute atomic E-state index is 10.2. The molecule has 0 aromatic heterocycles. The first-order valence-electron chi connectivity index (χ1n) is 14.1. The van der Waals surface area contributed by atoms with Crippen molar-refractivity contribution in [2.75, 3.05) is 20.6 Å². The molecule has 35 heavy (non-hydrogen) atoms. The molecule has 0 saturated heterocycles. The fraction of sp³-hybridized carbons (Fsp3) is 0.594. The van der Waals surface area contributed by atoms with E-state index in [1.807, 2.05) is 0 Å². The minimum Gasteiger partial charge on any atom is -0.478 e. The van der Waals surface area contributed by atoms with Crippen molar-refractivity contribution in [1.82, 2.24) is 0 Å². The molecule has 0 heterocycles. The van der Waals surface area contributed by atoms with Crippen LogP contribution >= 0.6 is 0 Å². The summed E-state index contributed by atoms with van der Waals surface area (Å²) < 4.78 is 1.11. The summed E-state index contributed by atoms with van der Waals surface area (Å²) >= 11 is 0. The molecular weight excluding hydrogens is 430 g/mol. The second-order valence-electron chi connectivity index (χ2n) is 10.6. The lowest BCUT2D eigenvalue weighted by molar-refractivity contribution is -0.903. The Bertz CT molecular complexity index is 743. The number of unbranched alkanes of at least 4 members (excludes halogenated alkanes) is 13. The van der Waals surface area contributed by atoms with Crippen LogP contribution in [0, 0.1) is 0 Å². The van der Waals surface area contributed by atoms with E-state index in [0.29, 0.717) is 5.56 Å². The van der Waals surface area contributed by atoms with Crippen molar-refractivity contribution in [1.29, 1.82) is 0 Å². The third-order valence-corrected chi connectivity index (χ3v) is 6.59. The lowest BCUT2D eigenvalue weighted by Crippen LogP contribution is -2.39. The van der Waals surface area contributed by atoms with E-state index in [2.05, 4.69) is 51.4 Å². The van der Waals surface area contributed by atoms with Crippen LogP contribution in [-0.4, -0.2) is 36.2 Å². The van der Waals surface area contributed by atoms with Gasteiger partial charge in [0, 0.05) is 5.56 Å². The predicted octanol–water partition coefficient (Wildman–Crippen LogP) is 9.13. The molecule has 0 saturated carbocycles. The number of quaternary nitrogens is 1. The molecule has 2 rings (SSSR count). The first-order chi connectivity index (χ1) is 16.9. The monoisotopic (exact) mass is 482 g/mol. The quantitative estimate of drug-likeness (QED) is 0.170. The zero-order valence-corrected chi connectivity index (χ0v) is 22.9. The summed E-state index contributed by atoms with van der Waals surface area (Å²) in [7, 11) is 4.74. The van der Waals surface area contributed by atoms with Gasteiger partial charge >= 0.3 is 5.97 Å². The fourth-order valence-electron chi connectivity index (χ4n) is 4.47. The van der Waals surface area contributed by atoms with E-state index in [-0.39, 0.29) is 0 Å².